The second-order valence-corrected chi connectivity index (χ2v) is 8.38. The molecule has 31 heavy (non-hydrogen) atoms. The summed E-state index contributed by atoms with van der Waals surface area (Å²) in [6.45, 7) is 7.18. The van der Waals surface area contributed by atoms with Crippen molar-refractivity contribution in [3.8, 4) is 0 Å². The summed E-state index contributed by atoms with van der Waals surface area (Å²) in [6.07, 6.45) is -4.44. The van der Waals surface area contributed by atoms with Gasteiger partial charge in [-0.05, 0) is 31.5 Å². The molecule has 1 heterocycles. The number of amides is 1. The molecule has 0 atom stereocenters. The van der Waals surface area contributed by atoms with Crippen molar-refractivity contribution in [3.05, 3.63) is 75.7 Å². The van der Waals surface area contributed by atoms with Crippen LogP contribution in [0.15, 0.2) is 53.3 Å². The summed E-state index contributed by atoms with van der Waals surface area (Å²) >= 11 is 0. The molecule has 3 aromatic rings. The maximum atomic E-state index is 13.1. The minimum atomic E-state index is -4.44. The molecule has 0 unspecified atom stereocenters. The van der Waals surface area contributed by atoms with Crippen LogP contribution in [0.5, 0.6) is 0 Å². The van der Waals surface area contributed by atoms with E-state index < -0.39 is 23.1 Å². The molecule has 0 aliphatic rings. The van der Waals surface area contributed by atoms with Crippen LogP contribution in [0, 0.1) is 0 Å². The zero-order chi connectivity index (χ0) is 23.0. The van der Waals surface area contributed by atoms with E-state index in [4.69, 9.17) is 0 Å². The standard InChI is InChI=1S/C23H24F3N3O2/c1-14(2)29-21(31)18-11-6-5-10-17(18)19(28-29)20(30)27-13-22(3,4)15-8-7-9-16(12-15)23(24,25)26/h5-12,14H,13H2,1-4H3,(H,27,30). The first-order valence-corrected chi connectivity index (χ1v) is 9.89. The summed E-state index contributed by atoms with van der Waals surface area (Å²) in [4.78, 5) is 25.6. The quantitative estimate of drug-likeness (QED) is 0.637. The number of halogens is 3. The maximum absolute atomic E-state index is 13.1. The van der Waals surface area contributed by atoms with Gasteiger partial charge in [0, 0.05) is 17.3 Å². The van der Waals surface area contributed by atoms with E-state index in [1.54, 1.807) is 58.0 Å². The molecule has 3 rings (SSSR count). The number of aromatic nitrogens is 2. The molecule has 8 heteroatoms. The second kappa shape index (κ2) is 8.17. The lowest BCUT2D eigenvalue weighted by molar-refractivity contribution is -0.137. The molecular weight excluding hydrogens is 407 g/mol. The van der Waals surface area contributed by atoms with E-state index in [9.17, 15) is 22.8 Å². The van der Waals surface area contributed by atoms with Gasteiger partial charge in [0.25, 0.3) is 11.5 Å². The number of carbonyl (C=O) groups excluding carboxylic acids is 1. The normalized spacial score (nSPS) is 12.4. The highest BCUT2D eigenvalue weighted by atomic mass is 19.4. The van der Waals surface area contributed by atoms with Gasteiger partial charge in [-0.25, -0.2) is 4.68 Å². The first kappa shape index (κ1) is 22.5. The lowest BCUT2D eigenvalue weighted by Crippen LogP contribution is -2.38. The monoisotopic (exact) mass is 431 g/mol. The highest BCUT2D eigenvalue weighted by molar-refractivity contribution is 6.04. The number of hydrogen-bond acceptors (Lipinski definition) is 3. The second-order valence-electron chi connectivity index (χ2n) is 8.38. The minimum absolute atomic E-state index is 0.0873. The third kappa shape index (κ3) is 4.62. The summed E-state index contributed by atoms with van der Waals surface area (Å²) in [5.74, 6) is -0.495. The van der Waals surface area contributed by atoms with Gasteiger partial charge in [0.05, 0.1) is 17.0 Å². The molecule has 5 nitrogen and oxygen atoms in total. The molecule has 0 aliphatic heterocycles. The largest absolute Gasteiger partial charge is 0.416 e. The Bertz CT molecular complexity index is 1180. The molecule has 1 amide bonds. The summed E-state index contributed by atoms with van der Waals surface area (Å²) < 4.78 is 40.5. The first-order valence-electron chi connectivity index (χ1n) is 9.89. The molecule has 0 saturated heterocycles. The van der Waals surface area contributed by atoms with Crippen LogP contribution in [0.1, 0.15) is 55.4 Å². The Morgan fingerprint density at radius 3 is 2.26 bits per heavy atom. The van der Waals surface area contributed by atoms with Gasteiger partial charge in [-0.3, -0.25) is 9.59 Å². The Labute approximate surface area is 177 Å². The van der Waals surface area contributed by atoms with Crippen molar-refractivity contribution in [2.45, 2.75) is 45.3 Å². The zero-order valence-corrected chi connectivity index (χ0v) is 17.7. The number of rotatable bonds is 5. The van der Waals surface area contributed by atoms with Gasteiger partial charge < -0.3 is 5.32 Å². The van der Waals surface area contributed by atoms with Crippen LogP contribution in [0.2, 0.25) is 0 Å². The average Bonchev–Trinajstić information content (AvgIpc) is 2.72. The molecule has 1 N–H and O–H groups in total. The summed E-state index contributed by atoms with van der Waals surface area (Å²) in [6, 6.07) is 11.6. The number of benzene rings is 2. The summed E-state index contributed by atoms with van der Waals surface area (Å²) in [5.41, 5.74) is -1.23. The fraction of sp³-hybridized carbons (Fsp3) is 0.348. The van der Waals surface area contributed by atoms with Gasteiger partial charge in [0.1, 0.15) is 0 Å². The van der Waals surface area contributed by atoms with Crippen molar-refractivity contribution in [3.63, 3.8) is 0 Å². The highest BCUT2D eigenvalue weighted by Crippen LogP contribution is 2.32. The van der Waals surface area contributed by atoms with Crippen LogP contribution in [-0.2, 0) is 11.6 Å². The van der Waals surface area contributed by atoms with Crippen molar-refractivity contribution < 1.29 is 18.0 Å². The first-order chi connectivity index (χ1) is 14.4. The number of alkyl halides is 3. The van der Waals surface area contributed by atoms with E-state index in [0.29, 0.717) is 16.3 Å². The molecule has 0 radical (unpaired) electrons. The minimum Gasteiger partial charge on any atom is -0.350 e. The molecule has 0 spiro atoms. The molecular formula is C23H24F3N3O2. The predicted molar refractivity (Wildman–Crippen MR) is 113 cm³/mol. The Kier molecular flexibility index (Phi) is 5.93. The van der Waals surface area contributed by atoms with Gasteiger partial charge in [-0.1, -0.05) is 50.2 Å². The molecule has 1 aromatic heterocycles. The van der Waals surface area contributed by atoms with Crippen LogP contribution in [-0.4, -0.2) is 22.2 Å². The Balaban J connectivity index is 1.91. The molecule has 2 aromatic carbocycles. The Morgan fingerprint density at radius 2 is 1.65 bits per heavy atom. The van der Waals surface area contributed by atoms with Crippen molar-refractivity contribution in [2.24, 2.45) is 0 Å². The average molecular weight is 431 g/mol. The van der Waals surface area contributed by atoms with Crippen LogP contribution in [0.4, 0.5) is 13.2 Å². The third-order valence-electron chi connectivity index (χ3n) is 5.19. The number of nitrogens with zero attached hydrogens (tertiary/aromatic N) is 2. The molecule has 0 fully saturated rings. The van der Waals surface area contributed by atoms with E-state index >= 15 is 0 Å². The van der Waals surface area contributed by atoms with E-state index in [1.807, 2.05) is 0 Å². The summed E-state index contributed by atoms with van der Waals surface area (Å²) in [7, 11) is 0. The molecule has 164 valence electrons. The smallest absolute Gasteiger partial charge is 0.350 e. The van der Waals surface area contributed by atoms with Gasteiger partial charge in [-0.2, -0.15) is 18.3 Å². The van der Waals surface area contributed by atoms with E-state index in [2.05, 4.69) is 10.4 Å². The van der Waals surface area contributed by atoms with Crippen LogP contribution in [0.3, 0.4) is 0 Å². The Morgan fingerprint density at radius 1 is 1.03 bits per heavy atom. The number of hydrogen-bond donors (Lipinski definition) is 1. The van der Waals surface area contributed by atoms with Crippen LogP contribution < -0.4 is 10.9 Å². The highest BCUT2D eigenvalue weighted by Gasteiger charge is 2.32. The van der Waals surface area contributed by atoms with Gasteiger partial charge in [0.15, 0.2) is 5.69 Å². The van der Waals surface area contributed by atoms with E-state index in [-0.39, 0.29) is 23.8 Å². The topological polar surface area (TPSA) is 64.0 Å². The zero-order valence-electron chi connectivity index (χ0n) is 17.7. The van der Waals surface area contributed by atoms with Crippen molar-refractivity contribution in [1.29, 1.82) is 0 Å². The van der Waals surface area contributed by atoms with Gasteiger partial charge in [-0.15, -0.1) is 0 Å². The lowest BCUT2D eigenvalue weighted by Gasteiger charge is -2.26. The number of carbonyl (C=O) groups is 1. The van der Waals surface area contributed by atoms with E-state index in [0.717, 1.165) is 12.1 Å². The van der Waals surface area contributed by atoms with Gasteiger partial charge >= 0.3 is 6.18 Å². The maximum Gasteiger partial charge on any atom is 0.416 e. The molecule has 0 saturated carbocycles. The van der Waals surface area contributed by atoms with Crippen molar-refractivity contribution in [2.75, 3.05) is 6.54 Å². The fourth-order valence-electron chi connectivity index (χ4n) is 3.33. The van der Waals surface area contributed by atoms with Crippen LogP contribution >= 0.6 is 0 Å². The van der Waals surface area contributed by atoms with Crippen molar-refractivity contribution >= 4 is 16.7 Å². The van der Waals surface area contributed by atoms with Crippen molar-refractivity contribution in [1.82, 2.24) is 15.1 Å². The Hall–Kier alpha value is -3.16. The molecule has 0 aliphatic carbocycles. The SMILES string of the molecule is CC(C)n1nc(C(=O)NCC(C)(C)c2cccc(C(F)(F)F)c2)c2ccccc2c1=O. The fourth-order valence-corrected chi connectivity index (χ4v) is 3.33. The number of fused-ring (bicyclic) bond motifs is 1. The van der Waals surface area contributed by atoms with Crippen LogP contribution in [0.25, 0.3) is 10.8 Å². The van der Waals surface area contributed by atoms with E-state index in [1.165, 1.54) is 10.7 Å². The van der Waals surface area contributed by atoms with Gasteiger partial charge in [0.2, 0.25) is 0 Å². The summed E-state index contributed by atoms with van der Waals surface area (Å²) in [5, 5.41) is 7.85. The molecule has 0 bridgehead atoms. The third-order valence-corrected chi connectivity index (χ3v) is 5.19. The predicted octanol–water partition coefficient (Wildman–Crippen LogP) is 4.70. The number of nitrogens with one attached hydrogen (secondary N) is 1. The lowest BCUT2D eigenvalue weighted by atomic mass is 9.83.